The van der Waals surface area contributed by atoms with Gasteiger partial charge in [-0.3, -0.25) is 9.59 Å². The third kappa shape index (κ3) is 18.9. The zero-order chi connectivity index (χ0) is 18.1. The van der Waals surface area contributed by atoms with Crippen molar-refractivity contribution in [2.24, 2.45) is 0 Å². The highest BCUT2D eigenvalue weighted by Gasteiger charge is 2.11. The maximum Gasteiger partial charge on any atom is 0.231 e. The molecule has 0 bridgehead atoms. The molecule has 0 fully saturated rings. The average Bonchev–Trinajstić information content (AvgIpc) is 2.50. The number of rotatable bonds is 11. The van der Waals surface area contributed by atoms with Crippen LogP contribution in [0.4, 0.5) is 0 Å². The Bertz CT molecular complexity index is 264. The quantitative estimate of drug-likeness (QED) is 0.468. The van der Waals surface area contributed by atoms with Crippen LogP contribution in [0.1, 0.15) is 71.1 Å². The molecule has 5 heteroatoms. The van der Waals surface area contributed by atoms with Gasteiger partial charge in [0.15, 0.2) is 0 Å². The summed E-state index contributed by atoms with van der Waals surface area (Å²) in [4.78, 5) is 24.7. The Hall–Kier alpha value is -1.10. The van der Waals surface area contributed by atoms with Gasteiger partial charge in [-0.2, -0.15) is 0 Å². The van der Waals surface area contributed by atoms with E-state index in [2.05, 4.69) is 6.92 Å². The van der Waals surface area contributed by atoms with E-state index in [1.165, 1.54) is 61.2 Å². The van der Waals surface area contributed by atoms with Gasteiger partial charge in [0, 0.05) is 34.8 Å². The Labute approximate surface area is 143 Å². The predicted molar refractivity (Wildman–Crippen MR) is 96.3 cm³/mol. The lowest BCUT2D eigenvalue weighted by molar-refractivity contribution is -0.137. The van der Waals surface area contributed by atoms with E-state index in [9.17, 15) is 9.59 Å². The normalized spacial score (nSPS) is 9.83. The summed E-state index contributed by atoms with van der Waals surface area (Å²) < 4.78 is 0. The lowest BCUT2D eigenvalue weighted by Gasteiger charge is -2.12. The van der Waals surface area contributed by atoms with E-state index in [-0.39, 0.29) is 18.2 Å². The first kappa shape index (κ1) is 24.2. The van der Waals surface area contributed by atoms with E-state index in [4.69, 9.17) is 5.11 Å². The summed E-state index contributed by atoms with van der Waals surface area (Å²) in [5, 5.41) is 8.54. The first-order valence-corrected chi connectivity index (χ1v) is 8.87. The van der Waals surface area contributed by atoms with Crippen LogP contribution in [0.3, 0.4) is 0 Å². The number of aliphatic hydroxyl groups excluding tert-OH is 1. The van der Waals surface area contributed by atoms with Crippen molar-refractivity contribution < 1.29 is 14.7 Å². The fourth-order valence-corrected chi connectivity index (χ4v) is 1.87. The fourth-order valence-electron chi connectivity index (χ4n) is 1.87. The zero-order valence-corrected chi connectivity index (χ0v) is 15.9. The lowest BCUT2D eigenvalue weighted by atomic mass is 10.1. The van der Waals surface area contributed by atoms with Crippen LogP contribution in [-0.4, -0.2) is 61.5 Å². The summed E-state index contributed by atoms with van der Waals surface area (Å²) in [5.41, 5.74) is 0. The first-order valence-electron chi connectivity index (χ1n) is 8.87. The van der Waals surface area contributed by atoms with Gasteiger partial charge < -0.3 is 14.9 Å². The Balaban J connectivity index is 0. The molecule has 0 saturated heterocycles. The number of amides is 2. The van der Waals surface area contributed by atoms with Gasteiger partial charge >= 0.3 is 0 Å². The summed E-state index contributed by atoms with van der Waals surface area (Å²) in [6.07, 6.45) is 11.8. The molecule has 0 radical (unpaired) electrons. The van der Waals surface area contributed by atoms with Crippen LogP contribution < -0.4 is 0 Å². The minimum Gasteiger partial charge on any atom is -0.396 e. The Morgan fingerprint density at radius 3 is 1.35 bits per heavy atom. The summed E-state index contributed by atoms with van der Waals surface area (Å²) in [7, 11) is 6.52. The minimum atomic E-state index is -0.163. The van der Waals surface area contributed by atoms with Crippen molar-refractivity contribution in [3.05, 3.63) is 0 Å². The molecule has 138 valence electrons. The van der Waals surface area contributed by atoms with Gasteiger partial charge in [-0.05, 0) is 6.42 Å². The molecular formula is C18H38N2O3. The maximum atomic E-state index is 10.9. The molecule has 0 aromatic carbocycles. The summed E-state index contributed by atoms with van der Waals surface area (Å²) in [5.74, 6) is -0.326. The molecule has 0 unspecified atom stereocenters. The van der Waals surface area contributed by atoms with Gasteiger partial charge in [0.25, 0.3) is 0 Å². The Morgan fingerprint density at radius 1 is 0.696 bits per heavy atom. The van der Waals surface area contributed by atoms with Crippen molar-refractivity contribution in [2.45, 2.75) is 71.1 Å². The van der Waals surface area contributed by atoms with Gasteiger partial charge in [0.2, 0.25) is 11.8 Å². The molecule has 0 rings (SSSR count). The molecule has 5 nitrogen and oxygen atoms in total. The standard InChI is InChI=1S/C11H24O.C7H14N2O2/c1-2-3-4-5-6-7-8-9-10-11-12;1-8(2)6(10)5-7(11)9(3)4/h12H,2-11H2,1H3;5H2,1-4H3. The second-order valence-corrected chi connectivity index (χ2v) is 6.31. The van der Waals surface area contributed by atoms with Crippen molar-refractivity contribution in [1.82, 2.24) is 9.80 Å². The van der Waals surface area contributed by atoms with Gasteiger partial charge in [-0.25, -0.2) is 0 Å². The van der Waals surface area contributed by atoms with Crippen molar-refractivity contribution >= 4 is 11.8 Å². The molecule has 0 saturated carbocycles. The van der Waals surface area contributed by atoms with Crippen LogP contribution in [0.25, 0.3) is 0 Å². The smallest absolute Gasteiger partial charge is 0.231 e. The van der Waals surface area contributed by atoms with Gasteiger partial charge in [-0.1, -0.05) is 58.3 Å². The third-order valence-electron chi connectivity index (χ3n) is 3.56. The predicted octanol–water partition coefficient (Wildman–Crippen LogP) is 3.06. The summed E-state index contributed by atoms with van der Waals surface area (Å²) >= 11 is 0. The van der Waals surface area contributed by atoms with Crippen LogP contribution in [-0.2, 0) is 9.59 Å². The van der Waals surface area contributed by atoms with E-state index in [0.717, 1.165) is 6.42 Å². The Morgan fingerprint density at radius 2 is 1.04 bits per heavy atom. The highest BCUT2D eigenvalue weighted by Crippen LogP contribution is 2.08. The monoisotopic (exact) mass is 330 g/mol. The first-order chi connectivity index (χ1) is 10.9. The molecule has 0 spiro atoms. The molecule has 2 amide bonds. The summed E-state index contributed by atoms with van der Waals surface area (Å²) in [6, 6.07) is 0. The van der Waals surface area contributed by atoms with Crippen molar-refractivity contribution in [3.63, 3.8) is 0 Å². The second-order valence-electron chi connectivity index (χ2n) is 6.31. The highest BCUT2D eigenvalue weighted by molar-refractivity contribution is 5.96. The van der Waals surface area contributed by atoms with E-state index < -0.39 is 0 Å². The highest BCUT2D eigenvalue weighted by atomic mass is 16.3. The molecule has 1 N–H and O–H groups in total. The molecule has 0 aliphatic rings. The van der Waals surface area contributed by atoms with Crippen LogP contribution in [0.15, 0.2) is 0 Å². The van der Waals surface area contributed by atoms with E-state index in [0.29, 0.717) is 6.61 Å². The van der Waals surface area contributed by atoms with Crippen LogP contribution >= 0.6 is 0 Å². The number of carbonyl (C=O) groups excluding carboxylic acids is 2. The van der Waals surface area contributed by atoms with E-state index >= 15 is 0 Å². The number of carbonyl (C=O) groups is 2. The molecule has 23 heavy (non-hydrogen) atoms. The van der Waals surface area contributed by atoms with Crippen LogP contribution in [0.2, 0.25) is 0 Å². The van der Waals surface area contributed by atoms with Crippen molar-refractivity contribution in [1.29, 1.82) is 0 Å². The Kier molecular flexibility index (Phi) is 18.1. The van der Waals surface area contributed by atoms with Crippen molar-refractivity contribution in [3.8, 4) is 0 Å². The number of hydrogen-bond donors (Lipinski definition) is 1. The SMILES string of the molecule is CCCCCCCCCCCO.CN(C)C(=O)CC(=O)N(C)C. The lowest BCUT2D eigenvalue weighted by Crippen LogP contribution is -2.30. The molecule has 0 heterocycles. The largest absolute Gasteiger partial charge is 0.396 e. The molecule has 0 aliphatic carbocycles. The molecule has 0 atom stereocenters. The number of hydrogen-bond acceptors (Lipinski definition) is 3. The average molecular weight is 331 g/mol. The van der Waals surface area contributed by atoms with Crippen LogP contribution in [0.5, 0.6) is 0 Å². The molecule has 0 aromatic rings. The second kappa shape index (κ2) is 17.3. The molecule has 0 aromatic heterocycles. The van der Waals surface area contributed by atoms with Gasteiger partial charge in [0.1, 0.15) is 6.42 Å². The van der Waals surface area contributed by atoms with Gasteiger partial charge in [0.05, 0.1) is 0 Å². The van der Waals surface area contributed by atoms with E-state index in [1.54, 1.807) is 28.2 Å². The topological polar surface area (TPSA) is 60.9 Å². The minimum absolute atomic E-state index is 0.0417. The fraction of sp³-hybridized carbons (Fsp3) is 0.889. The maximum absolute atomic E-state index is 10.9. The van der Waals surface area contributed by atoms with Gasteiger partial charge in [-0.15, -0.1) is 0 Å². The van der Waals surface area contributed by atoms with E-state index in [1.807, 2.05) is 0 Å². The third-order valence-corrected chi connectivity index (χ3v) is 3.56. The number of unbranched alkanes of at least 4 members (excludes halogenated alkanes) is 8. The van der Waals surface area contributed by atoms with Crippen LogP contribution in [0, 0.1) is 0 Å². The molecule has 0 aliphatic heterocycles. The van der Waals surface area contributed by atoms with Crippen molar-refractivity contribution in [2.75, 3.05) is 34.8 Å². The number of aliphatic hydroxyl groups is 1. The zero-order valence-electron chi connectivity index (χ0n) is 15.9. The summed E-state index contributed by atoms with van der Waals surface area (Å²) in [6.45, 7) is 2.62. The molecular weight excluding hydrogens is 292 g/mol. The number of nitrogens with zero attached hydrogens (tertiary/aromatic N) is 2.